The van der Waals surface area contributed by atoms with Crippen molar-refractivity contribution in [3.8, 4) is 0 Å². The van der Waals surface area contributed by atoms with Gasteiger partial charge in [0.2, 0.25) is 5.91 Å². The molecule has 0 saturated heterocycles. The lowest BCUT2D eigenvalue weighted by Crippen LogP contribution is -2.50. The maximum absolute atomic E-state index is 12.5. The van der Waals surface area contributed by atoms with Gasteiger partial charge < -0.3 is 15.5 Å². The van der Waals surface area contributed by atoms with Crippen molar-refractivity contribution in [3.05, 3.63) is 36.5 Å². The van der Waals surface area contributed by atoms with Crippen LogP contribution in [-0.4, -0.2) is 53.1 Å². The molecular weight excluding hydrogens is 623 g/mol. The van der Waals surface area contributed by atoms with Crippen molar-refractivity contribution < 1.29 is 28.0 Å². The molecule has 48 heavy (non-hydrogen) atoms. The van der Waals surface area contributed by atoms with Crippen LogP contribution in [0.1, 0.15) is 187 Å². The summed E-state index contributed by atoms with van der Waals surface area (Å²) < 4.78 is 32.3. The molecule has 1 amide bonds. The SMILES string of the molecule is CC/C=C/CC/C=C/CC/C=C/C(O)C(CS(=O)(=O)O)NC(=O)C(O)CCCCCCCCCCCCCCCCCCCCCCC. The van der Waals surface area contributed by atoms with Crippen molar-refractivity contribution in [1.29, 1.82) is 0 Å². The van der Waals surface area contributed by atoms with E-state index in [0.717, 1.165) is 44.9 Å². The number of aliphatic hydroxyl groups is 2. The highest BCUT2D eigenvalue weighted by atomic mass is 32.2. The molecule has 0 aromatic rings. The highest BCUT2D eigenvalue weighted by molar-refractivity contribution is 7.85. The van der Waals surface area contributed by atoms with E-state index < -0.39 is 40.0 Å². The summed E-state index contributed by atoms with van der Waals surface area (Å²) in [4.78, 5) is 12.5. The van der Waals surface area contributed by atoms with Crippen molar-refractivity contribution in [3.63, 3.8) is 0 Å². The molecule has 8 heteroatoms. The number of amides is 1. The Morgan fingerprint density at radius 1 is 0.583 bits per heavy atom. The van der Waals surface area contributed by atoms with Crippen molar-refractivity contribution in [2.24, 2.45) is 0 Å². The number of rotatable bonds is 35. The summed E-state index contributed by atoms with van der Waals surface area (Å²) >= 11 is 0. The van der Waals surface area contributed by atoms with Crippen LogP contribution < -0.4 is 5.32 Å². The maximum Gasteiger partial charge on any atom is 0.267 e. The molecule has 0 rings (SSSR count). The third-order valence-electron chi connectivity index (χ3n) is 8.92. The minimum Gasteiger partial charge on any atom is -0.387 e. The monoisotopic (exact) mass is 698 g/mol. The summed E-state index contributed by atoms with van der Waals surface area (Å²) in [5.41, 5.74) is 0. The number of unbranched alkanes of at least 4 members (excludes halogenated alkanes) is 22. The van der Waals surface area contributed by atoms with Crippen molar-refractivity contribution >= 4 is 16.0 Å². The lowest BCUT2D eigenvalue weighted by atomic mass is 10.0. The third-order valence-corrected chi connectivity index (χ3v) is 9.70. The minimum atomic E-state index is -4.45. The fourth-order valence-corrected chi connectivity index (χ4v) is 6.64. The molecule has 3 unspecified atom stereocenters. The Kier molecular flexibility index (Phi) is 32.9. The molecular formula is C40H75NO6S. The van der Waals surface area contributed by atoms with Gasteiger partial charge in [-0.2, -0.15) is 8.42 Å². The summed E-state index contributed by atoms with van der Waals surface area (Å²) in [6, 6.07) is -1.25. The fraction of sp³-hybridized carbons (Fsp3) is 0.825. The van der Waals surface area contributed by atoms with Crippen molar-refractivity contribution in [2.75, 3.05) is 5.75 Å². The van der Waals surface area contributed by atoms with E-state index in [-0.39, 0.29) is 6.42 Å². The van der Waals surface area contributed by atoms with Gasteiger partial charge in [0.05, 0.1) is 17.9 Å². The number of carbonyl (C=O) groups excluding carboxylic acids is 1. The fourth-order valence-electron chi connectivity index (χ4n) is 5.91. The first kappa shape index (κ1) is 46.5. The van der Waals surface area contributed by atoms with Gasteiger partial charge in [-0.25, -0.2) is 0 Å². The topological polar surface area (TPSA) is 124 Å². The molecule has 0 spiro atoms. The molecule has 0 aliphatic heterocycles. The van der Waals surface area contributed by atoms with E-state index in [2.05, 4.69) is 43.5 Å². The van der Waals surface area contributed by atoms with Crippen molar-refractivity contribution in [2.45, 2.75) is 205 Å². The second-order valence-corrected chi connectivity index (χ2v) is 15.2. The number of aliphatic hydroxyl groups excluding tert-OH is 2. The molecule has 0 bridgehead atoms. The second kappa shape index (κ2) is 34.0. The Morgan fingerprint density at radius 2 is 0.958 bits per heavy atom. The first-order valence-corrected chi connectivity index (χ1v) is 21.4. The zero-order valence-electron chi connectivity index (χ0n) is 31.0. The lowest BCUT2D eigenvalue weighted by molar-refractivity contribution is -0.130. The van der Waals surface area contributed by atoms with Gasteiger partial charge in [0.1, 0.15) is 6.10 Å². The van der Waals surface area contributed by atoms with E-state index in [1.54, 1.807) is 6.08 Å². The molecule has 0 aromatic heterocycles. The van der Waals surface area contributed by atoms with E-state index in [1.165, 1.54) is 115 Å². The molecule has 0 aromatic carbocycles. The number of nitrogens with one attached hydrogen (secondary N) is 1. The van der Waals surface area contributed by atoms with Gasteiger partial charge >= 0.3 is 0 Å². The number of allylic oxidation sites excluding steroid dienone is 5. The van der Waals surface area contributed by atoms with E-state index in [1.807, 2.05) is 0 Å². The van der Waals surface area contributed by atoms with Gasteiger partial charge in [0.25, 0.3) is 10.1 Å². The Labute approximate surface area is 296 Å². The van der Waals surface area contributed by atoms with Crippen LogP contribution in [0.3, 0.4) is 0 Å². The number of hydrogen-bond donors (Lipinski definition) is 4. The lowest BCUT2D eigenvalue weighted by Gasteiger charge is -2.22. The summed E-state index contributed by atoms with van der Waals surface area (Å²) in [6.07, 6.45) is 40.8. The van der Waals surface area contributed by atoms with Gasteiger partial charge in [-0.15, -0.1) is 0 Å². The summed E-state index contributed by atoms with van der Waals surface area (Å²) in [5.74, 6) is -1.56. The maximum atomic E-state index is 12.5. The Morgan fingerprint density at radius 3 is 1.35 bits per heavy atom. The summed E-state index contributed by atoms with van der Waals surface area (Å²) in [5, 5.41) is 23.3. The van der Waals surface area contributed by atoms with Crippen LogP contribution >= 0.6 is 0 Å². The second-order valence-electron chi connectivity index (χ2n) is 13.7. The standard InChI is InChI=1S/C40H75NO6S/c1-3-5-7-9-11-13-15-16-17-18-19-20-21-22-23-24-25-27-29-31-33-35-39(43)40(44)41-37(36-48(45,46)47)38(42)34-32-30-28-26-14-12-10-8-6-4-2/h6,8,14,26,32,34,37-39,42-43H,3-5,7,9-13,15-25,27-31,33,35-36H2,1-2H3,(H,41,44)(H,45,46,47)/b8-6+,26-14+,34-32+. The molecule has 0 saturated carbocycles. The first-order chi connectivity index (χ1) is 23.2. The van der Waals surface area contributed by atoms with Crippen LogP contribution in [-0.2, 0) is 14.9 Å². The molecule has 4 N–H and O–H groups in total. The molecule has 3 atom stereocenters. The van der Waals surface area contributed by atoms with Crippen LogP contribution in [0.5, 0.6) is 0 Å². The van der Waals surface area contributed by atoms with E-state index in [4.69, 9.17) is 0 Å². The quantitative estimate of drug-likeness (QED) is 0.0297. The summed E-state index contributed by atoms with van der Waals surface area (Å²) in [6.45, 7) is 4.38. The van der Waals surface area contributed by atoms with Crippen molar-refractivity contribution in [1.82, 2.24) is 5.32 Å². The molecule has 0 aliphatic rings. The Bertz CT molecular complexity index is 917. The van der Waals surface area contributed by atoms with Gasteiger partial charge in [-0.3, -0.25) is 9.35 Å². The highest BCUT2D eigenvalue weighted by Crippen LogP contribution is 2.16. The Hall–Kier alpha value is -1.48. The predicted molar refractivity (Wildman–Crippen MR) is 204 cm³/mol. The van der Waals surface area contributed by atoms with Gasteiger partial charge in [-0.05, 0) is 38.5 Å². The van der Waals surface area contributed by atoms with E-state index in [0.29, 0.717) is 12.8 Å². The predicted octanol–water partition coefficient (Wildman–Crippen LogP) is 10.3. The first-order valence-electron chi connectivity index (χ1n) is 19.8. The number of carbonyl (C=O) groups is 1. The van der Waals surface area contributed by atoms with E-state index >= 15 is 0 Å². The third kappa shape index (κ3) is 33.0. The largest absolute Gasteiger partial charge is 0.387 e. The molecule has 7 nitrogen and oxygen atoms in total. The normalized spacial score (nSPS) is 14.4. The average molecular weight is 698 g/mol. The van der Waals surface area contributed by atoms with Crippen LogP contribution in [0.2, 0.25) is 0 Å². The Balaban J connectivity index is 3.94. The summed E-state index contributed by atoms with van der Waals surface area (Å²) in [7, 11) is -4.45. The average Bonchev–Trinajstić information content (AvgIpc) is 3.05. The van der Waals surface area contributed by atoms with E-state index in [9.17, 15) is 28.0 Å². The smallest absolute Gasteiger partial charge is 0.267 e. The van der Waals surface area contributed by atoms with Gasteiger partial charge in [-0.1, -0.05) is 185 Å². The molecule has 0 aliphatic carbocycles. The van der Waals surface area contributed by atoms with Crippen LogP contribution in [0.25, 0.3) is 0 Å². The molecule has 282 valence electrons. The van der Waals surface area contributed by atoms with Crippen LogP contribution in [0.15, 0.2) is 36.5 Å². The minimum absolute atomic E-state index is 0.274. The molecule has 0 radical (unpaired) electrons. The zero-order chi connectivity index (χ0) is 35.6. The molecule has 0 fully saturated rings. The van der Waals surface area contributed by atoms with Crippen LogP contribution in [0.4, 0.5) is 0 Å². The highest BCUT2D eigenvalue weighted by Gasteiger charge is 2.27. The molecule has 0 heterocycles. The zero-order valence-corrected chi connectivity index (χ0v) is 31.8. The van der Waals surface area contributed by atoms with Gasteiger partial charge in [0.15, 0.2) is 0 Å². The van der Waals surface area contributed by atoms with Gasteiger partial charge in [0, 0.05) is 0 Å². The van der Waals surface area contributed by atoms with Crippen LogP contribution in [0, 0.1) is 0 Å². The number of hydrogen-bond acceptors (Lipinski definition) is 5.